The van der Waals surface area contributed by atoms with Crippen LogP contribution < -0.4 is 10.9 Å². The number of rotatable bonds is 7. The van der Waals surface area contributed by atoms with E-state index in [4.69, 9.17) is 0 Å². The van der Waals surface area contributed by atoms with E-state index in [0.717, 1.165) is 34.4 Å². The van der Waals surface area contributed by atoms with Crippen LogP contribution in [0.2, 0.25) is 0 Å². The van der Waals surface area contributed by atoms with E-state index in [-0.39, 0.29) is 18.0 Å². The second kappa shape index (κ2) is 9.00. The number of thiophene rings is 1. The summed E-state index contributed by atoms with van der Waals surface area (Å²) in [4.78, 5) is 26.7. The Hall–Kier alpha value is -3.32. The van der Waals surface area contributed by atoms with Gasteiger partial charge in [0.1, 0.15) is 6.54 Å². The van der Waals surface area contributed by atoms with E-state index in [9.17, 15) is 9.59 Å². The maximum absolute atomic E-state index is 12.8. The van der Waals surface area contributed by atoms with Gasteiger partial charge in [-0.3, -0.25) is 9.59 Å². The van der Waals surface area contributed by atoms with Crippen molar-refractivity contribution in [2.75, 3.05) is 5.32 Å². The van der Waals surface area contributed by atoms with Gasteiger partial charge in [-0.2, -0.15) is 0 Å². The fourth-order valence-corrected chi connectivity index (χ4v) is 4.18. The number of aryl methyl sites for hydroxylation is 1. The molecule has 0 bridgehead atoms. The number of carbonyl (C=O) groups excluding carboxylic acids is 1. The number of fused-ring (bicyclic) bond motifs is 1. The molecule has 4 aromatic rings. The Morgan fingerprint density at radius 2 is 1.87 bits per heavy atom. The number of hydrogen-bond acceptors (Lipinski definition) is 5. The van der Waals surface area contributed by atoms with Crippen molar-refractivity contribution in [1.82, 2.24) is 15.0 Å². The van der Waals surface area contributed by atoms with Crippen LogP contribution in [-0.4, -0.2) is 20.9 Å². The Morgan fingerprint density at radius 1 is 1.10 bits per heavy atom. The van der Waals surface area contributed by atoms with Gasteiger partial charge < -0.3 is 5.32 Å². The molecular weight excluding hydrogens is 396 g/mol. The zero-order chi connectivity index (χ0) is 20.9. The van der Waals surface area contributed by atoms with Gasteiger partial charge in [0.15, 0.2) is 4.83 Å². The summed E-state index contributed by atoms with van der Waals surface area (Å²) in [6, 6.07) is 19.4. The largest absolute Gasteiger partial charge is 0.324 e. The Morgan fingerprint density at radius 3 is 2.60 bits per heavy atom. The summed E-state index contributed by atoms with van der Waals surface area (Å²) >= 11 is 1.41. The lowest BCUT2D eigenvalue weighted by atomic mass is 10.1. The molecule has 0 unspecified atom stereocenters. The number of unbranched alkanes of at least 4 members (excludes halogenated alkanes) is 1. The molecule has 0 radical (unpaired) electrons. The Bertz CT molecular complexity index is 1210. The van der Waals surface area contributed by atoms with E-state index in [1.165, 1.54) is 16.9 Å². The quantitative estimate of drug-likeness (QED) is 0.479. The third-order valence-electron chi connectivity index (χ3n) is 4.83. The summed E-state index contributed by atoms with van der Waals surface area (Å²) in [7, 11) is 0. The zero-order valence-electron chi connectivity index (χ0n) is 16.7. The van der Waals surface area contributed by atoms with Crippen LogP contribution in [0.15, 0.2) is 65.5 Å². The summed E-state index contributed by atoms with van der Waals surface area (Å²) in [5, 5.41) is 11.4. The number of nitrogens with one attached hydrogen (secondary N) is 1. The lowest BCUT2D eigenvalue weighted by molar-refractivity contribution is -0.117. The molecule has 1 amide bonds. The molecule has 30 heavy (non-hydrogen) atoms. The Kier molecular flexibility index (Phi) is 5.99. The fraction of sp³-hybridized carbons (Fsp3) is 0.217. The van der Waals surface area contributed by atoms with Crippen LogP contribution in [0.1, 0.15) is 25.3 Å². The average molecular weight is 419 g/mol. The number of nitrogens with zero attached hydrogens (tertiary/aromatic N) is 3. The first-order valence-electron chi connectivity index (χ1n) is 9.95. The zero-order valence-corrected chi connectivity index (χ0v) is 17.5. The average Bonchev–Trinajstić information content (AvgIpc) is 3.21. The molecule has 4 rings (SSSR count). The molecule has 1 N–H and O–H groups in total. The van der Waals surface area contributed by atoms with E-state index >= 15 is 0 Å². The van der Waals surface area contributed by atoms with Crippen molar-refractivity contribution in [3.8, 4) is 10.4 Å². The third kappa shape index (κ3) is 4.46. The minimum absolute atomic E-state index is 0.185. The number of anilines is 1. The molecule has 0 aliphatic heterocycles. The van der Waals surface area contributed by atoms with Crippen LogP contribution in [-0.2, 0) is 17.8 Å². The summed E-state index contributed by atoms with van der Waals surface area (Å²) in [6.07, 6.45) is 3.32. The second-order valence-electron chi connectivity index (χ2n) is 7.10. The van der Waals surface area contributed by atoms with E-state index in [2.05, 4.69) is 22.6 Å². The van der Waals surface area contributed by atoms with Gasteiger partial charge in [0.05, 0.1) is 5.39 Å². The minimum atomic E-state index is -0.316. The Labute approximate surface area is 178 Å². The van der Waals surface area contributed by atoms with Gasteiger partial charge in [0.25, 0.3) is 5.56 Å². The number of carbonyl (C=O) groups is 1. The number of hydrogen-bond donors (Lipinski definition) is 1. The first-order valence-corrected chi connectivity index (χ1v) is 10.8. The molecule has 6 nitrogen and oxygen atoms in total. The van der Waals surface area contributed by atoms with E-state index in [1.807, 2.05) is 60.7 Å². The molecule has 2 aromatic heterocycles. The van der Waals surface area contributed by atoms with Crippen molar-refractivity contribution >= 4 is 33.1 Å². The first kappa shape index (κ1) is 20.0. The normalized spacial score (nSPS) is 11.0. The van der Waals surface area contributed by atoms with Crippen molar-refractivity contribution in [1.29, 1.82) is 0 Å². The lowest BCUT2D eigenvalue weighted by Gasteiger charge is -2.07. The molecule has 0 spiro atoms. The highest BCUT2D eigenvalue weighted by Crippen LogP contribution is 2.30. The molecule has 2 heterocycles. The topological polar surface area (TPSA) is 76.9 Å². The number of benzene rings is 2. The highest BCUT2D eigenvalue weighted by atomic mass is 32.1. The van der Waals surface area contributed by atoms with Gasteiger partial charge in [-0.15, -0.1) is 16.4 Å². The molecule has 0 atom stereocenters. The predicted octanol–water partition coefficient (Wildman–Crippen LogP) is 4.50. The maximum Gasteiger partial charge on any atom is 0.279 e. The first-order chi connectivity index (χ1) is 14.6. The van der Waals surface area contributed by atoms with Gasteiger partial charge in [-0.05, 0) is 42.2 Å². The molecule has 152 valence electrons. The highest BCUT2D eigenvalue weighted by Gasteiger charge is 2.13. The molecule has 2 aromatic carbocycles. The van der Waals surface area contributed by atoms with Crippen LogP contribution in [0.4, 0.5) is 5.69 Å². The monoisotopic (exact) mass is 418 g/mol. The minimum Gasteiger partial charge on any atom is -0.324 e. The fourth-order valence-electron chi connectivity index (χ4n) is 3.20. The SMILES string of the molecule is CCCCc1ccc(NC(=O)Cn2nnc3sc(-c4ccccc4)cc3c2=O)cc1. The predicted molar refractivity (Wildman–Crippen MR) is 121 cm³/mol. The number of aromatic nitrogens is 3. The summed E-state index contributed by atoms with van der Waals surface area (Å²) in [5.41, 5.74) is 2.65. The molecule has 7 heteroatoms. The summed E-state index contributed by atoms with van der Waals surface area (Å²) in [5.74, 6) is -0.314. The van der Waals surface area contributed by atoms with Gasteiger partial charge in [0, 0.05) is 10.6 Å². The van der Waals surface area contributed by atoms with E-state index < -0.39 is 0 Å². The number of amides is 1. The van der Waals surface area contributed by atoms with Crippen molar-refractivity contribution in [3.63, 3.8) is 0 Å². The van der Waals surface area contributed by atoms with E-state index in [0.29, 0.717) is 15.9 Å². The van der Waals surface area contributed by atoms with Gasteiger partial charge in [-0.25, -0.2) is 4.68 Å². The van der Waals surface area contributed by atoms with E-state index in [1.54, 1.807) is 0 Å². The van der Waals surface area contributed by atoms with Gasteiger partial charge in [0.2, 0.25) is 5.91 Å². The van der Waals surface area contributed by atoms with Crippen molar-refractivity contribution in [2.45, 2.75) is 32.7 Å². The molecule has 0 aliphatic carbocycles. The van der Waals surface area contributed by atoms with Gasteiger partial charge >= 0.3 is 0 Å². The molecule has 0 fully saturated rings. The van der Waals surface area contributed by atoms with Crippen LogP contribution in [0.3, 0.4) is 0 Å². The second-order valence-corrected chi connectivity index (χ2v) is 8.13. The summed E-state index contributed by atoms with van der Waals surface area (Å²) in [6.45, 7) is 1.98. The van der Waals surface area contributed by atoms with Gasteiger partial charge in [-0.1, -0.05) is 61.0 Å². The van der Waals surface area contributed by atoms with Crippen LogP contribution >= 0.6 is 11.3 Å². The smallest absolute Gasteiger partial charge is 0.279 e. The summed E-state index contributed by atoms with van der Waals surface area (Å²) < 4.78 is 1.11. The molecule has 0 aliphatic rings. The molecule has 0 saturated carbocycles. The van der Waals surface area contributed by atoms with Crippen molar-refractivity contribution in [3.05, 3.63) is 76.6 Å². The van der Waals surface area contributed by atoms with Crippen LogP contribution in [0.25, 0.3) is 20.7 Å². The van der Waals surface area contributed by atoms with Crippen LogP contribution in [0, 0.1) is 0 Å². The molecular formula is C23H22N4O2S. The highest BCUT2D eigenvalue weighted by molar-refractivity contribution is 7.21. The van der Waals surface area contributed by atoms with Crippen molar-refractivity contribution in [2.24, 2.45) is 0 Å². The van der Waals surface area contributed by atoms with Crippen molar-refractivity contribution < 1.29 is 4.79 Å². The third-order valence-corrected chi connectivity index (χ3v) is 5.90. The Balaban J connectivity index is 1.48. The lowest BCUT2D eigenvalue weighted by Crippen LogP contribution is -2.30. The van der Waals surface area contributed by atoms with Crippen LogP contribution in [0.5, 0.6) is 0 Å². The maximum atomic E-state index is 12.8. The standard InChI is InChI=1S/C23H22N4O2S/c1-2-3-7-16-10-12-18(13-11-16)24-21(28)15-27-23(29)19-14-20(30-22(19)25-26-27)17-8-5-4-6-9-17/h4-6,8-14H,2-3,7,15H2,1H3,(H,24,28). The molecule has 0 saturated heterocycles.